The van der Waals surface area contributed by atoms with Crippen LogP contribution in [-0.2, 0) is 19.1 Å². The summed E-state index contributed by atoms with van der Waals surface area (Å²) < 4.78 is 9.67. The monoisotopic (exact) mass is 278 g/mol. The molecule has 5 heteroatoms. The Kier molecular flexibility index (Phi) is 5.77. The van der Waals surface area contributed by atoms with Crippen LogP contribution in [0.3, 0.4) is 0 Å². The molecule has 2 atom stereocenters. The van der Waals surface area contributed by atoms with Gasteiger partial charge in [0, 0.05) is 24.5 Å². The van der Waals surface area contributed by atoms with Gasteiger partial charge in [-0.15, -0.1) is 0 Å². The number of rotatable bonds is 5. The zero-order chi connectivity index (χ0) is 15.1. The Balaban J connectivity index is 3.07. The molecule has 1 N–H and O–H groups in total. The minimum Gasteiger partial charge on any atom is -0.508 e. The number of para-hydroxylation sites is 1. The van der Waals surface area contributed by atoms with E-state index in [0.29, 0.717) is 5.56 Å². The van der Waals surface area contributed by atoms with Crippen LogP contribution in [0.2, 0.25) is 0 Å². The molecule has 0 saturated heterocycles. The number of carbonyl (C=O) groups is 2. The fourth-order valence-electron chi connectivity index (χ4n) is 1.87. The summed E-state index contributed by atoms with van der Waals surface area (Å²) in [4.78, 5) is 22.3. The van der Waals surface area contributed by atoms with Crippen molar-refractivity contribution in [2.45, 2.75) is 25.9 Å². The number of esters is 2. The maximum absolute atomic E-state index is 11.2. The van der Waals surface area contributed by atoms with E-state index in [9.17, 15) is 14.7 Å². The number of phenols is 1. The van der Waals surface area contributed by atoms with Gasteiger partial charge in [0.05, 0.1) is 7.11 Å². The van der Waals surface area contributed by atoms with Crippen LogP contribution in [0, 0.1) is 0 Å². The smallest absolute Gasteiger partial charge is 0.330 e. The van der Waals surface area contributed by atoms with Crippen LogP contribution < -0.4 is 0 Å². The Labute approximate surface area is 117 Å². The van der Waals surface area contributed by atoms with Crippen molar-refractivity contribution in [3.05, 3.63) is 42.0 Å². The SMILES string of the molecule is COC(=O)/C=C/[C@@H](c1ccccc1O)[C@H](C)OC(C)=O. The van der Waals surface area contributed by atoms with Gasteiger partial charge in [-0.1, -0.05) is 24.3 Å². The van der Waals surface area contributed by atoms with E-state index in [1.54, 1.807) is 31.2 Å². The van der Waals surface area contributed by atoms with Crippen LogP contribution in [0.4, 0.5) is 0 Å². The van der Waals surface area contributed by atoms with Crippen molar-refractivity contribution >= 4 is 11.9 Å². The lowest BCUT2D eigenvalue weighted by atomic mass is 9.92. The third-order valence-corrected chi connectivity index (χ3v) is 2.79. The van der Waals surface area contributed by atoms with Crippen LogP contribution in [-0.4, -0.2) is 30.3 Å². The standard InChI is InChI=1S/C15H18O5/c1-10(20-11(2)16)12(8-9-15(18)19-3)13-6-4-5-7-14(13)17/h4-10,12,17H,1-3H3/b9-8+/t10-,12+/m0/s1. The van der Waals surface area contributed by atoms with E-state index >= 15 is 0 Å². The van der Waals surface area contributed by atoms with Gasteiger partial charge >= 0.3 is 11.9 Å². The minimum absolute atomic E-state index is 0.0750. The Morgan fingerprint density at radius 3 is 2.50 bits per heavy atom. The number of phenolic OH excluding ortho intramolecular Hbond substituents is 1. The molecule has 0 fully saturated rings. The summed E-state index contributed by atoms with van der Waals surface area (Å²) in [6.45, 7) is 3.00. The second kappa shape index (κ2) is 7.33. The molecule has 0 aromatic heterocycles. The highest BCUT2D eigenvalue weighted by Crippen LogP contribution is 2.30. The third kappa shape index (κ3) is 4.42. The van der Waals surface area contributed by atoms with Gasteiger partial charge in [-0.05, 0) is 13.0 Å². The number of methoxy groups -OCH3 is 1. The summed E-state index contributed by atoms with van der Waals surface area (Å²) in [6, 6.07) is 6.70. The maximum atomic E-state index is 11.2. The number of aromatic hydroxyl groups is 1. The highest BCUT2D eigenvalue weighted by atomic mass is 16.5. The fourth-order valence-corrected chi connectivity index (χ4v) is 1.87. The lowest BCUT2D eigenvalue weighted by Gasteiger charge is -2.21. The first-order chi connectivity index (χ1) is 9.45. The van der Waals surface area contributed by atoms with Crippen LogP contribution in [0.25, 0.3) is 0 Å². The Morgan fingerprint density at radius 1 is 1.30 bits per heavy atom. The Morgan fingerprint density at radius 2 is 1.95 bits per heavy atom. The molecular formula is C15H18O5. The van der Waals surface area contributed by atoms with Crippen molar-refractivity contribution in [1.82, 2.24) is 0 Å². The first kappa shape index (κ1) is 15.8. The quantitative estimate of drug-likeness (QED) is 0.660. The summed E-state index contributed by atoms with van der Waals surface area (Å²) in [5.41, 5.74) is 0.571. The number of hydrogen-bond donors (Lipinski definition) is 1. The van der Waals surface area contributed by atoms with Gasteiger partial charge in [0.15, 0.2) is 0 Å². The highest BCUT2D eigenvalue weighted by Gasteiger charge is 2.22. The lowest BCUT2D eigenvalue weighted by Crippen LogP contribution is -2.20. The molecule has 1 aromatic rings. The molecule has 0 radical (unpaired) electrons. The van der Waals surface area contributed by atoms with Gasteiger partial charge < -0.3 is 14.6 Å². The summed E-state index contributed by atoms with van der Waals surface area (Å²) >= 11 is 0. The van der Waals surface area contributed by atoms with E-state index in [0.717, 1.165) is 0 Å². The van der Waals surface area contributed by atoms with Gasteiger partial charge in [-0.25, -0.2) is 4.79 Å². The fraction of sp³-hybridized carbons (Fsp3) is 0.333. The van der Waals surface area contributed by atoms with E-state index in [4.69, 9.17) is 4.74 Å². The van der Waals surface area contributed by atoms with E-state index in [-0.39, 0.29) is 5.75 Å². The zero-order valence-electron chi connectivity index (χ0n) is 11.7. The molecule has 1 aromatic carbocycles. The molecule has 0 spiro atoms. The molecule has 108 valence electrons. The molecule has 1 rings (SSSR count). The maximum Gasteiger partial charge on any atom is 0.330 e. The molecule has 0 unspecified atom stereocenters. The molecule has 0 amide bonds. The predicted molar refractivity (Wildman–Crippen MR) is 73.2 cm³/mol. The van der Waals surface area contributed by atoms with Crippen molar-refractivity contribution in [3.8, 4) is 5.75 Å². The van der Waals surface area contributed by atoms with E-state index < -0.39 is 24.0 Å². The predicted octanol–water partition coefficient (Wildman–Crippen LogP) is 2.16. The van der Waals surface area contributed by atoms with Crippen molar-refractivity contribution in [2.24, 2.45) is 0 Å². The molecule has 20 heavy (non-hydrogen) atoms. The minimum atomic E-state index is -0.526. The van der Waals surface area contributed by atoms with Crippen molar-refractivity contribution in [1.29, 1.82) is 0 Å². The van der Waals surface area contributed by atoms with Crippen molar-refractivity contribution in [2.75, 3.05) is 7.11 Å². The topological polar surface area (TPSA) is 72.8 Å². The molecule has 0 aliphatic rings. The average Bonchev–Trinajstić information content (AvgIpc) is 2.39. The molecule has 0 saturated carbocycles. The number of benzene rings is 1. The largest absolute Gasteiger partial charge is 0.508 e. The first-order valence-corrected chi connectivity index (χ1v) is 6.17. The van der Waals surface area contributed by atoms with Gasteiger partial charge in [0.1, 0.15) is 11.9 Å². The van der Waals surface area contributed by atoms with E-state index in [2.05, 4.69) is 4.74 Å². The Bertz CT molecular complexity index is 507. The molecule has 0 aliphatic carbocycles. The lowest BCUT2D eigenvalue weighted by molar-refractivity contribution is -0.146. The average molecular weight is 278 g/mol. The zero-order valence-corrected chi connectivity index (χ0v) is 11.7. The molecular weight excluding hydrogens is 260 g/mol. The van der Waals surface area contributed by atoms with E-state index in [1.165, 1.54) is 26.2 Å². The molecule has 5 nitrogen and oxygen atoms in total. The van der Waals surface area contributed by atoms with Gasteiger partial charge in [0.25, 0.3) is 0 Å². The van der Waals surface area contributed by atoms with Gasteiger partial charge in [0.2, 0.25) is 0 Å². The second-order valence-corrected chi connectivity index (χ2v) is 4.28. The summed E-state index contributed by atoms with van der Waals surface area (Å²) in [5.74, 6) is -1.31. The number of carbonyl (C=O) groups excluding carboxylic acids is 2. The molecule has 0 heterocycles. The number of ether oxygens (including phenoxy) is 2. The summed E-state index contributed by atoms with van der Waals surface area (Å²) in [5, 5.41) is 9.90. The van der Waals surface area contributed by atoms with Gasteiger partial charge in [-0.2, -0.15) is 0 Å². The van der Waals surface area contributed by atoms with Crippen LogP contribution >= 0.6 is 0 Å². The third-order valence-electron chi connectivity index (χ3n) is 2.79. The molecule has 0 aliphatic heterocycles. The van der Waals surface area contributed by atoms with Crippen LogP contribution in [0.5, 0.6) is 5.75 Å². The Hall–Kier alpha value is -2.30. The first-order valence-electron chi connectivity index (χ1n) is 6.17. The second-order valence-electron chi connectivity index (χ2n) is 4.28. The van der Waals surface area contributed by atoms with Gasteiger partial charge in [-0.3, -0.25) is 4.79 Å². The summed E-state index contributed by atoms with van der Waals surface area (Å²) in [7, 11) is 1.27. The van der Waals surface area contributed by atoms with Crippen molar-refractivity contribution in [3.63, 3.8) is 0 Å². The van der Waals surface area contributed by atoms with E-state index in [1.807, 2.05) is 0 Å². The normalized spacial score (nSPS) is 13.8. The van der Waals surface area contributed by atoms with Crippen molar-refractivity contribution < 1.29 is 24.2 Å². The van der Waals surface area contributed by atoms with Crippen LogP contribution in [0.1, 0.15) is 25.3 Å². The molecule has 0 bridgehead atoms. The van der Waals surface area contributed by atoms with Crippen LogP contribution in [0.15, 0.2) is 36.4 Å². The summed E-state index contributed by atoms with van der Waals surface area (Å²) in [6.07, 6.45) is 2.27. The number of hydrogen-bond acceptors (Lipinski definition) is 5. The highest BCUT2D eigenvalue weighted by molar-refractivity contribution is 5.82.